The Balaban J connectivity index is 1.91. The zero-order chi connectivity index (χ0) is 16.9. The summed E-state index contributed by atoms with van der Waals surface area (Å²) in [5, 5.41) is 3.37. The van der Waals surface area contributed by atoms with Gasteiger partial charge in [0.05, 0.1) is 0 Å². The average Bonchev–Trinajstić information content (AvgIpc) is 3.14. The van der Waals surface area contributed by atoms with E-state index in [0.29, 0.717) is 6.54 Å². The van der Waals surface area contributed by atoms with Gasteiger partial charge in [0.15, 0.2) is 0 Å². The molecule has 1 aliphatic heterocycles. The quantitative estimate of drug-likeness (QED) is 0.938. The van der Waals surface area contributed by atoms with Crippen LogP contribution in [0.2, 0.25) is 0 Å². The van der Waals surface area contributed by atoms with E-state index in [1.807, 2.05) is 31.1 Å². The first kappa shape index (κ1) is 16.5. The molecule has 2 amide bonds. The molecule has 4 heteroatoms. The van der Waals surface area contributed by atoms with Crippen LogP contribution in [0.15, 0.2) is 54.6 Å². The monoisotopic (exact) mass is 323 g/mol. The predicted octanol–water partition coefficient (Wildman–Crippen LogP) is 3.20. The SMILES string of the molecule is CN(C)C(=O)N(Cc1ccccc1-c1ccccc1)[C@H]1CCNC1. The Morgan fingerprint density at radius 3 is 2.46 bits per heavy atom. The van der Waals surface area contributed by atoms with E-state index in [4.69, 9.17) is 0 Å². The van der Waals surface area contributed by atoms with E-state index in [0.717, 1.165) is 19.5 Å². The Morgan fingerprint density at radius 1 is 1.08 bits per heavy atom. The molecule has 1 heterocycles. The van der Waals surface area contributed by atoms with E-state index in [9.17, 15) is 4.79 Å². The maximum atomic E-state index is 12.7. The number of benzene rings is 2. The molecular weight excluding hydrogens is 298 g/mol. The molecule has 0 unspecified atom stereocenters. The summed E-state index contributed by atoms with van der Waals surface area (Å²) in [5.41, 5.74) is 3.57. The number of hydrogen-bond acceptors (Lipinski definition) is 2. The van der Waals surface area contributed by atoms with Crippen molar-refractivity contribution in [3.8, 4) is 11.1 Å². The summed E-state index contributed by atoms with van der Waals surface area (Å²) in [4.78, 5) is 16.4. The van der Waals surface area contributed by atoms with Crippen molar-refractivity contribution in [2.24, 2.45) is 0 Å². The van der Waals surface area contributed by atoms with Crippen LogP contribution >= 0.6 is 0 Å². The molecule has 126 valence electrons. The average molecular weight is 323 g/mol. The second kappa shape index (κ2) is 7.49. The molecule has 0 bridgehead atoms. The van der Waals surface area contributed by atoms with Crippen molar-refractivity contribution in [2.75, 3.05) is 27.2 Å². The molecule has 0 aliphatic carbocycles. The van der Waals surface area contributed by atoms with Crippen LogP contribution in [0, 0.1) is 0 Å². The van der Waals surface area contributed by atoms with Crippen molar-refractivity contribution in [1.29, 1.82) is 0 Å². The van der Waals surface area contributed by atoms with Gasteiger partial charge in [0.2, 0.25) is 0 Å². The standard InChI is InChI=1S/C20H25N3O/c1-22(2)20(24)23(18-12-13-21-14-18)15-17-10-6-7-11-19(17)16-8-4-3-5-9-16/h3-11,18,21H,12-15H2,1-2H3/t18-/m0/s1. The van der Waals surface area contributed by atoms with Crippen molar-refractivity contribution >= 4 is 6.03 Å². The summed E-state index contributed by atoms with van der Waals surface area (Å²) in [6.45, 7) is 2.48. The normalized spacial score (nSPS) is 16.8. The molecule has 2 aromatic rings. The van der Waals surface area contributed by atoms with Gasteiger partial charge in [0, 0.05) is 33.2 Å². The fourth-order valence-electron chi connectivity index (χ4n) is 3.26. The highest BCUT2D eigenvalue weighted by Gasteiger charge is 2.28. The van der Waals surface area contributed by atoms with E-state index in [1.54, 1.807) is 4.90 Å². The van der Waals surface area contributed by atoms with Crippen LogP contribution in [0.1, 0.15) is 12.0 Å². The molecule has 0 radical (unpaired) electrons. The van der Waals surface area contributed by atoms with E-state index in [2.05, 4.69) is 47.8 Å². The third-order valence-electron chi connectivity index (χ3n) is 4.55. The zero-order valence-electron chi connectivity index (χ0n) is 14.4. The number of amides is 2. The fourth-order valence-corrected chi connectivity index (χ4v) is 3.26. The first-order valence-electron chi connectivity index (χ1n) is 8.49. The Kier molecular flexibility index (Phi) is 5.16. The lowest BCUT2D eigenvalue weighted by atomic mass is 9.99. The number of carbonyl (C=O) groups excluding carboxylic acids is 1. The Labute approximate surface area is 144 Å². The highest BCUT2D eigenvalue weighted by Crippen LogP contribution is 2.26. The van der Waals surface area contributed by atoms with Crippen LogP contribution < -0.4 is 5.32 Å². The molecule has 1 aliphatic rings. The largest absolute Gasteiger partial charge is 0.331 e. The predicted molar refractivity (Wildman–Crippen MR) is 97.8 cm³/mol. The third kappa shape index (κ3) is 3.60. The fraction of sp³-hybridized carbons (Fsp3) is 0.350. The molecule has 1 atom stereocenters. The van der Waals surface area contributed by atoms with Gasteiger partial charge < -0.3 is 15.1 Å². The van der Waals surface area contributed by atoms with E-state index in [1.165, 1.54) is 16.7 Å². The van der Waals surface area contributed by atoms with Gasteiger partial charge in [-0.2, -0.15) is 0 Å². The van der Waals surface area contributed by atoms with Crippen molar-refractivity contribution in [3.63, 3.8) is 0 Å². The van der Waals surface area contributed by atoms with Gasteiger partial charge in [-0.3, -0.25) is 0 Å². The lowest BCUT2D eigenvalue weighted by Crippen LogP contribution is -2.46. The van der Waals surface area contributed by atoms with Crippen LogP contribution in [0.25, 0.3) is 11.1 Å². The Bertz CT molecular complexity index is 678. The van der Waals surface area contributed by atoms with Crippen LogP contribution in [-0.2, 0) is 6.54 Å². The minimum absolute atomic E-state index is 0.0755. The molecule has 1 fully saturated rings. The summed E-state index contributed by atoms with van der Waals surface area (Å²) in [5.74, 6) is 0. The number of hydrogen-bond donors (Lipinski definition) is 1. The molecule has 4 nitrogen and oxygen atoms in total. The highest BCUT2D eigenvalue weighted by molar-refractivity contribution is 5.75. The van der Waals surface area contributed by atoms with Crippen LogP contribution in [0.4, 0.5) is 4.79 Å². The highest BCUT2D eigenvalue weighted by atomic mass is 16.2. The maximum absolute atomic E-state index is 12.7. The molecule has 0 aromatic heterocycles. The topological polar surface area (TPSA) is 35.6 Å². The van der Waals surface area contributed by atoms with Crippen molar-refractivity contribution in [1.82, 2.24) is 15.1 Å². The van der Waals surface area contributed by atoms with Gasteiger partial charge in [-0.15, -0.1) is 0 Å². The zero-order valence-corrected chi connectivity index (χ0v) is 14.4. The summed E-state index contributed by atoms with van der Waals surface area (Å²) in [6, 6.07) is 19.1. The summed E-state index contributed by atoms with van der Waals surface area (Å²) < 4.78 is 0. The van der Waals surface area contributed by atoms with Crippen LogP contribution in [-0.4, -0.2) is 49.1 Å². The van der Waals surface area contributed by atoms with Gasteiger partial charge in [-0.25, -0.2) is 4.79 Å². The first-order chi connectivity index (χ1) is 11.7. The molecule has 24 heavy (non-hydrogen) atoms. The molecule has 0 spiro atoms. The lowest BCUT2D eigenvalue weighted by Gasteiger charge is -2.32. The maximum Gasteiger partial charge on any atom is 0.320 e. The summed E-state index contributed by atoms with van der Waals surface area (Å²) in [6.07, 6.45) is 1.01. The Morgan fingerprint density at radius 2 is 1.79 bits per heavy atom. The van der Waals surface area contributed by atoms with E-state index >= 15 is 0 Å². The number of nitrogens with zero attached hydrogens (tertiary/aromatic N) is 2. The number of nitrogens with one attached hydrogen (secondary N) is 1. The number of urea groups is 1. The van der Waals surface area contributed by atoms with Gasteiger partial charge in [-0.05, 0) is 29.7 Å². The molecule has 2 aromatic carbocycles. The van der Waals surface area contributed by atoms with Gasteiger partial charge >= 0.3 is 6.03 Å². The summed E-state index contributed by atoms with van der Waals surface area (Å²) in [7, 11) is 3.64. The minimum atomic E-state index is 0.0755. The van der Waals surface area contributed by atoms with Crippen molar-refractivity contribution < 1.29 is 4.79 Å². The second-order valence-corrected chi connectivity index (χ2v) is 6.47. The van der Waals surface area contributed by atoms with E-state index in [-0.39, 0.29) is 12.1 Å². The minimum Gasteiger partial charge on any atom is -0.331 e. The number of carbonyl (C=O) groups is 1. The molecule has 3 rings (SSSR count). The summed E-state index contributed by atoms with van der Waals surface area (Å²) >= 11 is 0. The molecule has 1 saturated heterocycles. The van der Waals surface area contributed by atoms with Crippen molar-refractivity contribution in [3.05, 3.63) is 60.2 Å². The van der Waals surface area contributed by atoms with Crippen molar-refractivity contribution in [2.45, 2.75) is 19.0 Å². The van der Waals surface area contributed by atoms with Gasteiger partial charge in [0.1, 0.15) is 0 Å². The van der Waals surface area contributed by atoms with Gasteiger partial charge in [-0.1, -0.05) is 54.6 Å². The van der Waals surface area contributed by atoms with Crippen LogP contribution in [0.5, 0.6) is 0 Å². The van der Waals surface area contributed by atoms with Crippen LogP contribution in [0.3, 0.4) is 0 Å². The first-order valence-corrected chi connectivity index (χ1v) is 8.49. The second-order valence-electron chi connectivity index (χ2n) is 6.47. The third-order valence-corrected chi connectivity index (χ3v) is 4.55. The molecular formula is C20H25N3O. The lowest BCUT2D eigenvalue weighted by molar-refractivity contribution is 0.149. The van der Waals surface area contributed by atoms with Gasteiger partial charge in [0.25, 0.3) is 0 Å². The number of rotatable bonds is 4. The Hall–Kier alpha value is -2.33. The molecule has 0 saturated carbocycles. The van der Waals surface area contributed by atoms with E-state index < -0.39 is 0 Å². The molecule has 1 N–H and O–H groups in total. The smallest absolute Gasteiger partial charge is 0.320 e.